The van der Waals surface area contributed by atoms with E-state index in [1.54, 1.807) is 6.92 Å². The maximum absolute atomic E-state index is 12.8. The zero-order valence-corrected chi connectivity index (χ0v) is 18.1. The van der Waals surface area contributed by atoms with Gasteiger partial charge in [0.2, 0.25) is 5.91 Å². The number of nitrogens with one attached hydrogen (secondary N) is 1. The summed E-state index contributed by atoms with van der Waals surface area (Å²) in [6, 6.07) is 0. The van der Waals surface area contributed by atoms with Crippen LogP contribution in [0.4, 0.5) is 5.00 Å². The predicted octanol–water partition coefficient (Wildman–Crippen LogP) is 3.44. The summed E-state index contributed by atoms with van der Waals surface area (Å²) in [5.74, 6) is -0.782. The largest absolute Gasteiger partial charge is 0.462 e. The molecule has 4 rings (SSSR count). The van der Waals surface area contributed by atoms with Gasteiger partial charge in [-0.2, -0.15) is 0 Å². The number of carbonyl (C=O) groups excluding carboxylic acids is 2. The molecule has 1 N–H and O–H groups in total. The number of hydrogen-bond acceptors (Lipinski definition) is 7. The van der Waals surface area contributed by atoms with Crippen LogP contribution in [0.5, 0.6) is 0 Å². The number of thiophene rings is 2. The third-order valence-electron chi connectivity index (χ3n) is 5.12. The fourth-order valence-corrected chi connectivity index (χ4v) is 5.90. The molecular formula is C20H21N3O4S2. The van der Waals surface area contributed by atoms with Gasteiger partial charge in [-0.25, -0.2) is 9.78 Å². The number of hydrogen-bond donors (Lipinski definition) is 1. The van der Waals surface area contributed by atoms with Crippen LogP contribution in [-0.2, 0) is 28.9 Å². The summed E-state index contributed by atoms with van der Waals surface area (Å²) in [7, 11) is 0. The number of esters is 1. The minimum atomic E-state index is -0.410. The van der Waals surface area contributed by atoms with Crippen molar-refractivity contribution in [2.45, 2.75) is 46.6 Å². The first-order valence-electron chi connectivity index (χ1n) is 9.47. The second kappa shape index (κ2) is 7.72. The van der Waals surface area contributed by atoms with Crippen LogP contribution in [-0.4, -0.2) is 28.0 Å². The second-order valence-electron chi connectivity index (χ2n) is 6.97. The molecule has 0 radical (unpaired) electrons. The molecule has 9 heteroatoms. The SMILES string of the molecule is CCOC(=O)c1c(NC(=O)Cn2cnc3sc(C)c(C)c3c2=O)sc2c1CCC2. The van der Waals surface area contributed by atoms with Crippen LogP contribution in [0.2, 0.25) is 0 Å². The molecule has 0 unspecified atom stereocenters. The number of aromatic nitrogens is 2. The monoisotopic (exact) mass is 431 g/mol. The van der Waals surface area contributed by atoms with E-state index in [0.717, 1.165) is 40.1 Å². The summed E-state index contributed by atoms with van der Waals surface area (Å²) in [6.45, 7) is 5.70. The molecule has 0 aromatic carbocycles. The minimum Gasteiger partial charge on any atom is -0.462 e. The number of carbonyl (C=O) groups is 2. The van der Waals surface area contributed by atoms with Gasteiger partial charge in [-0.15, -0.1) is 22.7 Å². The fraction of sp³-hybridized carbons (Fsp3) is 0.400. The molecule has 3 heterocycles. The first kappa shape index (κ1) is 19.8. The highest BCUT2D eigenvalue weighted by atomic mass is 32.1. The minimum absolute atomic E-state index is 0.166. The molecule has 29 heavy (non-hydrogen) atoms. The molecule has 0 fully saturated rings. The third-order valence-corrected chi connectivity index (χ3v) is 7.45. The van der Waals surface area contributed by atoms with E-state index in [1.165, 1.54) is 33.6 Å². The molecule has 1 aliphatic carbocycles. The molecule has 0 atom stereocenters. The van der Waals surface area contributed by atoms with E-state index in [1.807, 2.05) is 13.8 Å². The predicted molar refractivity (Wildman–Crippen MR) is 114 cm³/mol. The molecule has 0 saturated heterocycles. The molecule has 0 aliphatic heterocycles. The van der Waals surface area contributed by atoms with Crippen molar-refractivity contribution < 1.29 is 14.3 Å². The number of amides is 1. The van der Waals surface area contributed by atoms with Crippen molar-refractivity contribution in [2.75, 3.05) is 11.9 Å². The molecule has 3 aromatic rings. The Morgan fingerprint density at radius 2 is 2.07 bits per heavy atom. The van der Waals surface area contributed by atoms with Gasteiger partial charge in [0.1, 0.15) is 16.4 Å². The van der Waals surface area contributed by atoms with E-state index in [0.29, 0.717) is 20.8 Å². The van der Waals surface area contributed by atoms with Gasteiger partial charge in [0.25, 0.3) is 5.56 Å². The molecule has 7 nitrogen and oxygen atoms in total. The van der Waals surface area contributed by atoms with Gasteiger partial charge in [-0.1, -0.05) is 0 Å². The van der Waals surface area contributed by atoms with Crippen molar-refractivity contribution >= 4 is 49.8 Å². The van der Waals surface area contributed by atoms with Crippen molar-refractivity contribution in [3.8, 4) is 0 Å². The van der Waals surface area contributed by atoms with E-state index < -0.39 is 5.97 Å². The average Bonchev–Trinajstić information content (AvgIpc) is 3.31. The lowest BCUT2D eigenvalue weighted by Crippen LogP contribution is -2.28. The summed E-state index contributed by atoms with van der Waals surface area (Å²) >= 11 is 2.89. The van der Waals surface area contributed by atoms with Gasteiger partial charge in [-0.05, 0) is 51.2 Å². The average molecular weight is 432 g/mol. The first-order valence-corrected chi connectivity index (χ1v) is 11.1. The summed E-state index contributed by atoms with van der Waals surface area (Å²) in [5.41, 5.74) is 2.11. The van der Waals surface area contributed by atoms with Crippen LogP contribution in [0.1, 0.15) is 44.6 Å². The van der Waals surface area contributed by atoms with Crippen molar-refractivity contribution in [2.24, 2.45) is 0 Å². The number of nitrogens with zero attached hydrogens (tertiary/aromatic N) is 2. The lowest BCUT2D eigenvalue weighted by atomic mass is 10.1. The van der Waals surface area contributed by atoms with Gasteiger partial charge in [0.05, 0.1) is 23.9 Å². The molecule has 1 aliphatic rings. The molecular weight excluding hydrogens is 410 g/mol. The van der Waals surface area contributed by atoms with Crippen LogP contribution < -0.4 is 10.9 Å². The number of ether oxygens (including phenoxy) is 1. The Hall–Kier alpha value is -2.52. The molecule has 0 bridgehead atoms. The van der Waals surface area contributed by atoms with Crippen molar-refractivity contribution in [1.29, 1.82) is 0 Å². The molecule has 152 valence electrons. The number of rotatable bonds is 5. The van der Waals surface area contributed by atoms with Crippen molar-refractivity contribution in [1.82, 2.24) is 9.55 Å². The lowest BCUT2D eigenvalue weighted by Gasteiger charge is -2.09. The fourth-order valence-electron chi connectivity index (χ4n) is 3.62. The quantitative estimate of drug-likeness (QED) is 0.625. The molecule has 3 aromatic heterocycles. The third kappa shape index (κ3) is 3.49. The van der Waals surface area contributed by atoms with E-state index in [4.69, 9.17) is 4.74 Å². The second-order valence-corrected chi connectivity index (χ2v) is 9.28. The normalized spacial score (nSPS) is 12.9. The Bertz CT molecular complexity index is 1190. The zero-order valence-electron chi connectivity index (χ0n) is 16.5. The Morgan fingerprint density at radius 3 is 2.83 bits per heavy atom. The Labute approximate surface area is 175 Å². The van der Waals surface area contributed by atoms with E-state index in [2.05, 4.69) is 10.3 Å². The zero-order chi connectivity index (χ0) is 20.7. The van der Waals surface area contributed by atoms with Crippen LogP contribution >= 0.6 is 22.7 Å². The number of aryl methyl sites for hydroxylation is 3. The van der Waals surface area contributed by atoms with E-state index >= 15 is 0 Å². The Balaban J connectivity index is 1.61. The lowest BCUT2D eigenvalue weighted by molar-refractivity contribution is -0.116. The maximum Gasteiger partial charge on any atom is 0.341 e. The van der Waals surface area contributed by atoms with Gasteiger partial charge in [-0.3, -0.25) is 14.2 Å². The Morgan fingerprint density at radius 1 is 1.28 bits per heavy atom. The van der Waals surface area contributed by atoms with Gasteiger partial charge in [0.15, 0.2) is 0 Å². The van der Waals surface area contributed by atoms with Crippen LogP contribution in [0.25, 0.3) is 10.2 Å². The van der Waals surface area contributed by atoms with E-state index in [-0.39, 0.29) is 24.6 Å². The number of anilines is 1. The first-order chi connectivity index (χ1) is 13.9. The topological polar surface area (TPSA) is 90.3 Å². The highest BCUT2D eigenvalue weighted by molar-refractivity contribution is 7.18. The van der Waals surface area contributed by atoms with Gasteiger partial charge >= 0.3 is 5.97 Å². The van der Waals surface area contributed by atoms with Gasteiger partial charge < -0.3 is 10.1 Å². The van der Waals surface area contributed by atoms with Crippen molar-refractivity contribution in [3.63, 3.8) is 0 Å². The summed E-state index contributed by atoms with van der Waals surface area (Å²) in [5, 5.41) is 3.88. The molecule has 1 amide bonds. The highest BCUT2D eigenvalue weighted by Gasteiger charge is 2.28. The smallest absolute Gasteiger partial charge is 0.341 e. The maximum atomic E-state index is 12.8. The Kier molecular flexibility index (Phi) is 5.26. The summed E-state index contributed by atoms with van der Waals surface area (Å²) < 4.78 is 6.49. The van der Waals surface area contributed by atoms with Crippen LogP contribution in [0.15, 0.2) is 11.1 Å². The molecule has 0 spiro atoms. The standard InChI is InChI=1S/C20H21N3O4S2/c1-4-27-20(26)16-12-6-5-7-13(12)29-18(16)22-14(24)8-23-9-21-17-15(19(23)25)10(2)11(3)28-17/h9H,4-8H2,1-3H3,(H,22,24). The number of fused-ring (bicyclic) bond motifs is 2. The van der Waals surface area contributed by atoms with Crippen LogP contribution in [0.3, 0.4) is 0 Å². The van der Waals surface area contributed by atoms with E-state index in [9.17, 15) is 14.4 Å². The van der Waals surface area contributed by atoms with Crippen molar-refractivity contribution in [3.05, 3.63) is 43.1 Å². The summed E-state index contributed by atoms with van der Waals surface area (Å²) in [4.78, 5) is 45.1. The van der Waals surface area contributed by atoms with Crippen LogP contribution in [0, 0.1) is 13.8 Å². The molecule has 0 saturated carbocycles. The summed E-state index contributed by atoms with van der Waals surface area (Å²) in [6.07, 6.45) is 4.12. The van der Waals surface area contributed by atoms with Gasteiger partial charge in [0, 0.05) is 9.75 Å². The highest BCUT2D eigenvalue weighted by Crippen LogP contribution is 2.39.